The van der Waals surface area contributed by atoms with Crippen LogP contribution in [0.4, 0.5) is 5.69 Å². The van der Waals surface area contributed by atoms with Crippen molar-refractivity contribution in [3.05, 3.63) is 58.1 Å². The Morgan fingerprint density at radius 1 is 1.14 bits per heavy atom. The van der Waals surface area contributed by atoms with Gasteiger partial charge in [-0.15, -0.1) is 0 Å². The van der Waals surface area contributed by atoms with Crippen molar-refractivity contribution in [2.24, 2.45) is 0 Å². The van der Waals surface area contributed by atoms with E-state index in [0.29, 0.717) is 22.3 Å². The largest absolute Gasteiger partial charge is 0.489 e. The summed E-state index contributed by atoms with van der Waals surface area (Å²) in [5.74, 6) is 0.566. The molecule has 0 aliphatic heterocycles. The first-order valence-corrected chi connectivity index (χ1v) is 7.37. The van der Waals surface area contributed by atoms with Gasteiger partial charge in [0.05, 0.1) is 5.02 Å². The van der Waals surface area contributed by atoms with Gasteiger partial charge in [-0.3, -0.25) is 0 Å². The van der Waals surface area contributed by atoms with E-state index in [-0.39, 0.29) is 6.61 Å². The summed E-state index contributed by atoms with van der Waals surface area (Å²) in [5.41, 5.74) is 1.88. The van der Waals surface area contributed by atoms with Gasteiger partial charge in [0.25, 0.3) is 0 Å². The van der Waals surface area contributed by atoms with Crippen LogP contribution < -0.4 is 10.1 Å². The first-order valence-electron chi connectivity index (χ1n) is 6.61. The van der Waals surface area contributed by atoms with E-state index in [4.69, 9.17) is 27.9 Å². The predicted molar refractivity (Wildman–Crippen MR) is 87.6 cm³/mol. The van der Waals surface area contributed by atoms with Gasteiger partial charge in [0.15, 0.2) is 0 Å². The quantitative estimate of drug-likeness (QED) is 0.838. The predicted octanol–water partition coefficient (Wildman–Crippen LogP) is 4.15. The van der Waals surface area contributed by atoms with Crippen LogP contribution in [0.15, 0.2) is 42.5 Å². The molecular weight excluding hydrogens is 309 g/mol. The highest BCUT2D eigenvalue weighted by molar-refractivity contribution is 6.32. The van der Waals surface area contributed by atoms with E-state index in [0.717, 1.165) is 11.3 Å². The van der Waals surface area contributed by atoms with Gasteiger partial charge in [-0.05, 0) is 36.8 Å². The van der Waals surface area contributed by atoms with Gasteiger partial charge in [0.1, 0.15) is 18.5 Å². The molecule has 1 atom stereocenters. The monoisotopic (exact) mass is 325 g/mol. The van der Waals surface area contributed by atoms with Crippen molar-refractivity contribution in [1.82, 2.24) is 0 Å². The molecule has 0 radical (unpaired) electrons. The Balaban J connectivity index is 1.81. The number of para-hydroxylation sites is 1. The highest BCUT2D eigenvalue weighted by atomic mass is 35.5. The Labute approximate surface area is 134 Å². The number of ether oxygens (including phenoxy) is 1. The third-order valence-electron chi connectivity index (χ3n) is 2.98. The standard InChI is InChI=1S/C16H17Cl2NO2/c1-11-6-7-12(8-15(11)18)19-9-13(20)10-21-16-5-3-2-4-14(16)17/h2-8,13,19-20H,9-10H2,1H3. The average Bonchev–Trinajstić information content (AvgIpc) is 2.47. The summed E-state index contributed by atoms with van der Waals surface area (Å²) >= 11 is 12.0. The molecule has 2 rings (SSSR count). The van der Waals surface area contributed by atoms with Crippen molar-refractivity contribution in [1.29, 1.82) is 0 Å². The molecule has 0 aliphatic carbocycles. The molecule has 0 saturated carbocycles. The summed E-state index contributed by atoms with van der Waals surface area (Å²) < 4.78 is 5.48. The maximum absolute atomic E-state index is 9.92. The van der Waals surface area contributed by atoms with Crippen molar-refractivity contribution < 1.29 is 9.84 Å². The molecule has 0 spiro atoms. The molecule has 0 aromatic heterocycles. The van der Waals surface area contributed by atoms with E-state index in [1.54, 1.807) is 12.1 Å². The molecule has 2 aromatic carbocycles. The van der Waals surface area contributed by atoms with Crippen molar-refractivity contribution in [2.45, 2.75) is 13.0 Å². The first kappa shape index (κ1) is 16.0. The van der Waals surface area contributed by atoms with Crippen LogP contribution in [0.2, 0.25) is 10.0 Å². The van der Waals surface area contributed by atoms with E-state index in [1.807, 2.05) is 37.3 Å². The lowest BCUT2D eigenvalue weighted by molar-refractivity contribution is 0.117. The third kappa shape index (κ3) is 4.81. The number of halogens is 2. The normalized spacial score (nSPS) is 12.0. The lowest BCUT2D eigenvalue weighted by atomic mass is 10.2. The first-order chi connectivity index (χ1) is 10.1. The molecule has 0 saturated heterocycles. The maximum atomic E-state index is 9.92. The molecular formula is C16H17Cl2NO2. The van der Waals surface area contributed by atoms with Crippen molar-refractivity contribution >= 4 is 28.9 Å². The lowest BCUT2D eigenvalue weighted by Gasteiger charge is -2.15. The number of rotatable bonds is 6. The summed E-state index contributed by atoms with van der Waals surface area (Å²) in [7, 11) is 0. The molecule has 0 amide bonds. The Hall–Kier alpha value is -1.42. The lowest BCUT2D eigenvalue weighted by Crippen LogP contribution is -2.26. The number of aliphatic hydroxyl groups is 1. The number of aryl methyl sites for hydroxylation is 1. The molecule has 2 N–H and O–H groups in total. The Morgan fingerprint density at radius 2 is 1.90 bits per heavy atom. The minimum Gasteiger partial charge on any atom is -0.489 e. The number of benzene rings is 2. The minimum absolute atomic E-state index is 0.163. The van der Waals surface area contributed by atoms with Crippen LogP contribution >= 0.6 is 23.2 Å². The fraction of sp³-hybridized carbons (Fsp3) is 0.250. The SMILES string of the molecule is Cc1ccc(NCC(O)COc2ccccc2Cl)cc1Cl. The van der Waals surface area contributed by atoms with Crippen LogP contribution in [0.5, 0.6) is 5.75 Å². The third-order valence-corrected chi connectivity index (χ3v) is 3.70. The molecule has 0 bridgehead atoms. The summed E-state index contributed by atoms with van der Waals surface area (Å²) in [4.78, 5) is 0. The van der Waals surface area contributed by atoms with Crippen molar-refractivity contribution in [3.8, 4) is 5.75 Å². The summed E-state index contributed by atoms with van der Waals surface area (Å²) in [6.45, 7) is 2.47. The second-order valence-corrected chi connectivity index (χ2v) is 5.55. The van der Waals surface area contributed by atoms with Crippen LogP contribution in [0.1, 0.15) is 5.56 Å². The van der Waals surface area contributed by atoms with Crippen LogP contribution in [0.3, 0.4) is 0 Å². The van der Waals surface area contributed by atoms with E-state index in [9.17, 15) is 5.11 Å². The number of hydrogen-bond donors (Lipinski definition) is 2. The van der Waals surface area contributed by atoms with E-state index < -0.39 is 6.10 Å². The number of anilines is 1. The summed E-state index contributed by atoms with van der Waals surface area (Å²) in [5, 5.41) is 14.3. The van der Waals surface area contributed by atoms with Gasteiger partial charge in [0.2, 0.25) is 0 Å². The second kappa shape index (κ2) is 7.55. The van der Waals surface area contributed by atoms with Crippen molar-refractivity contribution in [2.75, 3.05) is 18.5 Å². The van der Waals surface area contributed by atoms with Crippen LogP contribution in [-0.4, -0.2) is 24.4 Å². The molecule has 1 unspecified atom stereocenters. The zero-order chi connectivity index (χ0) is 15.2. The van der Waals surface area contributed by atoms with Crippen LogP contribution in [0.25, 0.3) is 0 Å². The van der Waals surface area contributed by atoms with Gasteiger partial charge in [-0.1, -0.05) is 41.4 Å². The molecule has 0 heterocycles. The van der Waals surface area contributed by atoms with Gasteiger partial charge in [-0.25, -0.2) is 0 Å². The highest BCUT2D eigenvalue weighted by Crippen LogP contribution is 2.23. The number of aliphatic hydroxyl groups excluding tert-OH is 1. The van der Waals surface area contributed by atoms with Gasteiger partial charge < -0.3 is 15.2 Å². The molecule has 3 nitrogen and oxygen atoms in total. The van der Waals surface area contributed by atoms with E-state index in [2.05, 4.69) is 5.32 Å². The Bertz CT molecular complexity index is 605. The van der Waals surface area contributed by atoms with Gasteiger partial charge >= 0.3 is 0 Å². The number of nitrogens with one attached hydrogen (secondary N) is 1. The Morgan fingerprint density at radius 3 is 2.62 bits per heavy atom. The molecule has 0 fully saturated rings. The highest BCUT2D eigenvalue weighted by Gasteiger charge is 2.07. The number of hydrogen-bond acceptors (Lipinski definition) is 3. The molecule has 112 valence electrons. The molecule has 5 heteroatoms. The average molecular weight is 326 g/mol. The van der Waals surface area contributed by atoms with E-state index >= 15 is 0 Å². The van der Waals surface area contributed by atoms with Crippen LogP contribution in [0, 0.1) is 6.92 Å². The summed E-state index contributed by atoms with van der Waals surface area (Å²) in [6, 6.07) is 12.9. The minimum atomic E-state index is -0.652. The van der Waals surface area contributed by atoms with Gasteiger partial charge in [0, 0.05) is 17.3 Å². The topological polar surface area (TPSA) is 41.5 Å². The molecule has 0 aliphatic rings. The maximum Gasteiger partial charge on any atom is 0.138 e. The fourth-order valence-electron chi connectivity index (χ4n) is 1.75. The van der Waals surface area contributed by atoms with E-state index in [1.165, 1.54) is 0 Å². The smallest absolute Gasteiger partial charge is 0.138 e. The molecule has 21 heavy (non-hydrogen) atoms. The fourth-order valence-corrected chi connectivity index (χ4v) is 2.12. The zero-order valence-electron chi connectivity index (χ0n) is 11.6. The second-order valence-electron chi connectivity index (χ2n) is 4.74. The van der Waals surface area contributed by atoms with Crippen LogP contribution in [-0.2, 0) is 0 Å². The van der Waals surface area contributed by atoms with Crippen molar-refractivity contribution in [3.63, 3.8) is 0 Å². The zero-order valence-corrected chi connectivity index (χ0v) is 13.2. The summed E-state index contributed by atoms with van der Waals surface area (Å²) in [6.07, 6.45) is -0.652. The van der Waals surface area contributed by atoms with Gasteiger partial charge in [-0.2, -0.15) is 0 Å². The molecule has 2 aromatic rings. The Kier molecular flexibility index (Phi) is 5.74.